The molecule has 0 spiro atoms. The van der Waals surface area contributed by atoms with Gasteiger partial charge in [-0.3, -0.25) is 15.2 Å². The van der Waals surface area contributed by atoms with Crippen molar-refractivity contribution < 1.29 is 0 Å². The van der Waals surface area contributed by atoms with Crippen LogP contribution in [0.5, 0.6) is 0 Å². The van der Waals surface area contributed by atoms with Crippen LogP contribution in [0.2, 0.25) is 0 Å². The normalized spacial score (nSPS) is 10.7. The van der Waals surface area contributed by atoms with Gasteiger partial charge >= 0.3 is 5.69 Å². The van der Waals surface area contributed by atoms with Gasteiger partial charge in [-0.05, 0) is 19.1 Å². The monoisotopic (exact) mass is 244 g/mol. The molecule has 92 valence electrons. The van der Waals surface area contributed by atoms with Crippen LogP contribution in [0.15, 0.2) is 45.0 Å². The minimum atomic E-state index is -0.549. The number of para-hydroxylation sites is 1. The molecular weight excluding hydrogens is 232 g/mol. The summed E-state index contributed by atoms with van der Waals surface area (Å²) < 4.78 is 0. The van der Waals surface area contributed by atoms with Crippen LogP contribution >= 0.6 is 0 Å². The largest absolute Gasteiger partial charge is 0.326 e. The van der Waals surface area contributed by atoms with E-state index in [0.717, 1.165) is 5.69 Å². The average molecular weight is 244 g/mol. The number of H-pyrrole nitrogens is 2. The Kier molecular flexibility index (Phi) is 3.38. The Morgan fingerprint density at radius 1 is 1.17 bits per heavy atom. The zero-order valence-corrected chi connectivity index (χ0v) is 9.73. The minimum Gasteiger partial charge on any atom is -0.306 e. The summed E-state index contributed by atoms with van der Waals surface area (Å²) in [6.07, 6.45) is 1.40. The molecule has 6 heteroatoms. The van der Waals surface area contributed by atoms with E-state index in [1.165, 1.54) is 6.21 Å². The maximum atomic E-state index is 11.3. The van der Waals surface area contributed by atoms with Crippen molar-refractivity contribution in [3.63, 3.8) is 0 Å². The highest BCUT2D eigenvalue weighted by molar-refractivity contribution is 5.79. The predicted octanol–water partition coefficient (Wildman–Crippen LogP) is 0.818. The molecule has 0 fully saturated rings. The zero-order chi connectivity index (χ0) is 13.0. The van der Waals surface area contributed by atoms with Crippen LogP contribution in [0, 0.1) is 6.92 Å². The molecule has 0 amide bonds. The molecule has 0 aliphatic heterocycles. The molecule has 0 atom stereocenters. The van der Waals surface area contributed by atoms with Crippen molar-refractivity contribution in [1.29, 1.82) is 0 Å². The molecular formula is C12H12N4O2. The van der Waals surface area contributed by atoms with Crippen LogP contribution < -0.4 is 16.7 Å². The highest BCUT2D eigenvalue weighted by atomic mass is 16.2. The number of hydrogen-bond donors (Lipinski definition) is 3. The summed E-state index contributed by atoms with van der Waals surface area (Å²) in [5.41, 5.74) is 3.44. The maximum Gasteiger partial charge on any atom is 0.326 e. The quantitative estimate of drug-likeness (QED) is 0.551. The number of hydrazone groups is 1. The highest BCUT2D eigenvalue weighted by Gasteiger charge is 2.01. The van der Waals surface area contributed by atoms with Crippen LogP contribution in [-0.2, 0) is 0 Å². The second kappa shape index (κ2) is 5.13. The van der Waals surface area contributed by atoms with Gasteiger partial charge in [-0.1, -0.05) is 18.2 Å². The van der Waals surface area contributed by atoms with Crippen molar-refractivity contribution in [2.24, 2.45) is 5.10 Å². The Hall–Kier alpha value is -2.63. The van der Waals surface area contributed by atoms with Crippen LogP contribution in [-0.4, -0.2) is 16.2 Å². The van der Waals surface area contributed by atoms with Crippen molar-refractivity contribution in [1.82, 2.24) is 9.97 Å². The van der Waals surface area contributed by atoms with E-state index in [1.54, 1.807) is 6.92 Å². The summed E-state index contributed by atoms with van der Waals surface area (Å²) in [4.78, 5) is 27.1. The van der Waals surface area contributed by atoms with E-state index in [1.807, 2.05) is 30.3 Å². The maximum absolute atomic E-state index is 11.3. The van der Waals surface area contributed by atoms with Gasteiger partial charge in [0.1, 0.15) is 0 Å². The molecule has 0 aliphatic rings. The first-order valence-electron chi connectivity index (χ1n) is 5.34. The third-order valence-corrected chi connectivity index (χ3v) is 2.38. The smallest absolute Gasteiger partial charge is 0.306 e. The first-order chi connectivity index (χ1) is 8.66. The lowest BCUT2D eigenvalue weighted by Crippen LogP contribution is -2.26. The topological polar surface area (TPSA) is 90.1 Å². The Labute approximate surface area is 102 Å². The van der Waals surface area contributed by atoms with Gasteiger partial charge in [0.05, 0.1) is 17.6 Å². The van der Waals surface area contributed by atoms with Crippen LogP contribution in [0.4, 0.5) is 5.69 Å². The lowest BCUT2D eigenvalue weighted by Gasteiger charge is -2.00. The van der Waals surface area contributed by atoms with Gasteiger partial charge in [0, 0.05) is 5.56 Å². The first-order valence-corrected chi connectivity index (χ1v) is 5.34. The van der Waals surface area contributed by atoms with Crippen molar-refractivity contribution in [3.8, 4) is 0 Å². The van der Waals surface area contributed by atoms with Gasteiger partial charge in [0.15, 0.2) is 0 Å². The van der Waals surface area contributed by atoms with Gasteiger partial charge in [-0.25, -0.2) is 4.79 Å². The lowest BCUT2D eigenvalue weighted by molar-refractivity contribution is 0.997. The van der Waals surface area contributed by atoms with Crippen LogP contribution in [0.25, 0.3) is 0 Å². The highest BCUT2D eigenvalue weighted by Crippen LogP contribution is 2.04. The fourth-order valence-electron chi connectivity index (χ4n) is 1.38. The average Bonchev–Trinajstić information content (AvgIpc) is 2.36. The van der Waals surface area contributed by atoms with E-state index >= 15 is 0 Å². The fraction of sp³-hybridized carbons (Fsp3) is 0.0833. The van der Waals surface area contributed by atoms with Gasteiger partial charge < -0.3 is 4.98 Å². The van der Waals surface area contributed by atoms with Crippen molar-refractivity contribution in [2.45, 2.75) is 6.92 Å². The van der Waals surface area contributed by atoms with Gasteiger partial charge in [0.2, 0.25) is 0 Å². The number of benzene rings is 1. The third-order valence-electron chi connectivity index (χ3n) is 2.38. The molecule has 0 radical (unpaired) electrons. The number of aromatic nitrogens is 2. The van der Waals surface area contributed by atoms with E-state index in [2.05, 4.69) is 20.5 Å². The molecule has 0 saturated heterocycles. The van der Waals surface area contributed by atoms with Gasteiger partial charge in [0.25, 0.3) is 5.56 Å². The molecule has 0 unspecified atom stereocenters. The summed E-state index contributed by atoms with van der Waals surface area (Å²) in [5, 5.41) is 3.96. The standard InChI is InChI=1S/C12H12N4O2/c1-8-10(14-12(18)15-11(8)17)7-13-16-9-5-3-2-4-6-9/h2-7,16H,1H3,(H2,14,15,17,18)/b13-7-. The Morgan fingerprint density at radius 2 is 1.89 bits per heavy atom. The molecule has 2 aromatic rings. The molecule has 18 heavy (non-hydrogen) atoms. The molecule has 1 heterocycles. The van der Waals surface area contributed by atoms with Gasteiger partial charge in [-0.15, -0.1) is 0 Å². The number of hydrogen-bond acceptors (Lipinski definition) is 4. The molecule has 0 saturated carbocycles. The molecule has 1 aromatic carbocycles. The molecule has 1 aromatic heterocycles. The fourth-order valence-corrected chi connectivity index (χ4v) is 1.38. The van der Waals surface area contributed by atoms with E-state index < -0.39 is 11.2 Å². The summed E-state index contributed by atoms with van der Waals surface area (Å²) >= 11 is 0. The third kappa shape index (κ3) is 2.73. The van der Waals surface area contributed by atoms with E-state index in [0.29, 0.717) is 11.3 Å². The Balaban J connectivity index is 2.20. The molecule has 0 aliphatic carbocycles. The minimum absolute atomic E-state index is 0.382. The van der Waals surface area contributed by atoms with Gasteiger partial charge in [-0.2, -0.15) is 5.10 Å². The zero-order valence-electron chi connectivity index (χ0n) is 9.73. The number of anilines is 1. The number of nitrogens with one attached hydrogen (secondary N) is 3. The van der Waals surface area contributed by atoms with Crippen molar-refractivity contribution in [2.75, 3.05) is 5.43 Å². The molecule has 2 rings (SSSR count). The second-order valence-electron chi connectivity index (χ2n) is 3.68. The van der Waals surface area contributed by atoms with Crippen molar-refractivity contribution in [3.05, 3.63) is 62.4 Å². The molecule has 6 nitrogen and oxygen atoms in total. The van der Waals surface area contributed by atoms with Crippen molar-refractivity contribution >= 4 is 11.9 Å². The SMILES string of the molecule is Cc1c(/C=N\Nc2ccccc2)[nH]c(=O)[nH]c1=O. The van der Waals surface area contributed by atoms with Crippen LogP contribution in [0.1, 0.15) is 11.3 Å². The summed E-state index contributed by atoms with van der Waals surface area (Å²) in [7, 11) is 0. The number of nitrogens with zero attached hydrogens (tertiary/aromatic N) is 1. The first kappa shape index (κ1) is 11.8. The molecule has 3 N–H and O–H groups in total. The summed E-state index contributed by atoms with van der Waals surface area (Å²) in [5.74, 6) is 0. The Morgan fingerprint density at radius 3 is 2.61 bits per heavy atom. The van der Waals surface area contributed by atoms with Crippen LogP contribution in [0.3, 0.4) is 0 Å². The number of aromatic amines is 2. The van der Waals surface area contributed by atoms with E-state index in [-0.39, 0.29) is 0 Å². The van der Waals surface area contributed by atoms with E-state index in [9.17, 15) is 9.59 Å². The van der Waals surface area contributed by atoms with E-state index in [4.69, 9.17) is 0 Å². The summed E-state index contributed by atoms with van der Waals surface area (Å²) in [6.45, 7) is 1.61. The molecule has 0 bridgehead atoms. The second-order valence-corrected chi connectivity index (χ2v) is 3.68. The number of rotatable bonds is 3. The Bertz CT molecular complexity index is 670. The predicted molar refractivity (Wildman–Crippen MR) is 70.1 cm³/mol. The lowest BCUT2D eigenvalue weighted by atomic mass is 10.3. The summed E-state index contributed by atoms with van der Waals surface area (Å²) in [6, 6.07) is 9.35.